The quantitative estimate of drug-likeness (QED) is 0.362. The number of allylic oxidation sites excluding steroid dienone is 2. The van der Waals surface area contributed by atoms with E-state index in [0.29, 0.717) is 11.3 Å². The van der Waals surface area contributed by atoms with Gasteiger partial charge in [0.15, 0.2) is 0 Å². The molecule has 1 aliphatic heterocycles. The summed E-state index contributed by atoms with van der Waals surface area (Å²) in [6.45, 7) is 1.77. The second kappa shape index (κ2) is 4.12. The summed E-state index contributed by atoms with van der Waals surface area (Å²) in [7, 11) is 0. The minimum absolute atomic E-state index is 0.104. The molecule has 6 heteroatoms. The fourth-order valence-corrected chi connectivity index (χ4v) is 5.27. The molecular formula is C18H16N2O4. The van der Waals surface area contributed by atoms with E-state index in [-0.39, 0.29) is 46.6 Å². The average molecular weight is 324 g/mol. The molecule has 0 aromatic heterocycles. The number of fused-ring (bicyclic) bond motifs is 3. The zero-order valence-corrected chi connectivity index (χ0v) is 13.1. The van der Waals surface area contributed by atoms with E-state index in [4.69, 9.17) is 0 Å². The predicted molar refractivity (Wildman–Crippen MR) is 85.1 cm³/mol. The number of rotatable bonds is 2. The third kappa shape index (κ3) is 1.42. The Balaban J connectivity index is 1.59. The molecule has 0 unspecified atom stereocenters. The molecule has 24 heavy (non-hydrogen) atoms. The summed E-state index contributed by atoms with van der Waals surface area (Å²) >= 11 is 0. The molecule has 1 spiro atoms. The molecule has 6 nitrogen and oxygen atoms in total. The van der Waals surface area contributed by atoms with Gasteiger partial charge in [0, 0.05) is 12.1 Å². The Bertz CT molecular complexity index is 821. The highest BCUT2D eigenvalue weighted by Crippen LogP contribution is 2.73. The van der Waals surface area contributed by atoms with Gasteiger partial charge in [0.2, 0.25) is 11.8 Å². The van der Waals surface area contributed by atoms with E-state index in [9.17, 15) is 19.7 Å². The number of amides is 2. The number of non-ortho nitro benzene ring substituents is 1. The molecule has 1 heterocycles. The van der Waals surface area contributed by atoms with E-state index in [1.54, 1.807) is 13.0 Å². The fraction of sp³-hybridized carbons (Fsp3) is 0.444. The average Bonchev–Trinajstić information content (AvgIpc) is 3.14. The first kappa shape index (κ1) is 13.9. The van der Waals surface area contributed by atoms with Crippen molar-refractivity contribution in [3.8, 4) is 0 Å². The predicted octanol–water partition coefficient (Wildman–Crippen LogP) is 2.60. The summed E-state index contributed by atoms with van der Waals surface area (Å²) in [6.07, 6.45) is 6.43. The van der Waals surface area contributed by atoms with Gasteiger partial charge in [-0.05, 0) is 42.6 Å². The molecule has 3 fully saturated rings. The summed E-state index contributed by atoms with van der Waals surface area (Å²) < 4.78 is 0. The van der Waals surface area contributed by atoms with Gasteiger partial charge in [0.25, 0.3) is 5.69 Å². The lowest BCUT2D eigenvalue weighted by Crippen LogP contribution is -2.35. The highest BCUT2D eigenvalue weighted by Gasteiger charge is 2.73. The first-order chi connectivity index (χ1) is 11.5. The number of imide groups is 1. The highest BCUT2D eigenvalue weighted by molar-refractivity contribution is 6.23. The van der Waals surface area contributed by atoms with E-state index < -0.39 is 4.92 Å². The SMILES string of the molecule is Cc1ccc([N+](=O)[O-])cc1N1C(=O)[C@@H]2[C@H](C1=O)[C@@H]1C=C[C@H]2C12CC2. The van der Waals surface area contributed by atoms with Crippen LogP contribution in [0, 0.1) is 46.1 Å². The molecule has 4 atom stereocenters. The third-order valence-electron chi connectivity index (χ3n) is 6.50. The Hall–Kier alpha value is -2.50. The normalized spacial score (nSPS) is 34.3. The van der Waals surface area contributed by atoms with Crippen molar-refractivity contribution in [2.24, 2.45) is 29.1 Å². The van der Waals surface area contributed by atoms with E-state index in [2.05, 4.69) is 12.2 Å². The number of nitrogens with zero attached hydrogens (tertiary/aromatic N) is 2. The van der Waals surface area contributed by atoms with Crippen LogP contribution in [-0.4, -0.2) is 16.7 Å². The minimum Gasteiger partial charge on any atom is -0.274 e. The molecule has 1 saturated heterocycles. The van der Waals surface area contributed by atoms with Gasteiger partial charge >= 0.3 is 0 Å². The van der Waals surface area contributed by atoms with Crippen molar-refractivity contribution in [1.29, 1.82) is 0 Å². The Morgan fingerprint density at radius 3 is 2.21 bits per heavy atom. The second-order valence-electron chi connectivity index (χ2n) is 7.46. The van der Waals surface area contributed by atoms with Crippen LogP contribution in [0.2, 0.25) is 0 Å². The molecule has 5 rings (SSSR count). The first-order valence-corrected chi connectivity index (χ1v) is 8.27. The molecule has 2 bridgehead atoms. The molecule has 0 N–H and O–H groups in total. The molecule has 122 valence electrons. The lowest BCUT2D eigenvalue weighted by molar-refractivity contribution is -0.384. The lowest BCUT2D eigenvalue weighted by atomic mass is 9.85. The van der Waals surface area contributed by atoms with Crippen LogP contribution < -0.4 is 4.90 Å². The van der Waals surface area contributed by atoms with E-state index >= 15 is 0 Å². The van der Waals surface area contributed by atoms with Crippen LogP contribution >= 0.6 is 0 Å². The largest absolute Gasteiger partial charge is 0.274 e. The fourth-order valence-electron chi connectivity index (χ4n) is 5.27. The Labute approximate surface area is 138 Å². The molecule has 0 radical (unpaired) electrons. The van der Waals surface area contributed by atoms with Crippen LogP contribution in [0.25, 0.3) is 0 Å². The molecule has 4 aliphatic rings. The monoisotopic (exact) mass is 324 g/mol. The number of carbonyl (C=O) groups is 2. The zero-order valence-electron chi connectivity index (χ0n) is 13.1. The maximum Gasteiger partial charge on any atom is 0.271 e. The van der Waals surface area contributed by atoms with Crippen LogP contribution in [0.15, 0.2) is 30.4 Å². The van der Waals surface area contributed by atoms with Crippen LogP contribution in [-0.2, 0) is 9.59 Å². The molecule has 2 saturated carbocycles. The maximum atomic E-state index is 13.0. The molecular weight excluding hydrogens is 308 g/mol. The molecule has 1 aromatic rings. The lowest BCUT2D eigenvalue weighted by Gasteiger charge is -2.22. The maximum absolute atomic E-state index is 13.0. The number of nitro benzene ring substituents is 1. The number of anilines is 1. The third-order valence-corrected chi connectivity index (χ3v) is 6.50. The minimum atomic E-state index is -0.501. The molecule has 3 aliphatic carbocycles. The van der Waals surface area contributed by atoms with Gasteiger partial charge in [-0.2, -0.15) is 0 Å². The van der Waals surface area contributed by atoms with Gasteiger partial charge in [-0.3, -0.25) is 19.7 Å². The summed E-state index contributed by atoms with van der Waals surface area (Å²) in [6, 6.07) is 4.33. The van der Waals surface area contributed by atoms with Gasteiger partial charge in [0.05, 0.1) is 22.4 Å². The Morgan fingerprint density at radius 2 is 1.71 bits per heavy atom. The smallest absolute Gasteiger partial charge is 0.271 e. The summed E-state index contributed by atoms with van der Waals surface area (Å²) in [5.41, 5.74) is 1.11. The van der Waals surface area contributed by atoms with E-state index in [1.807, 2.05) is 0 Å². The van der Waals surface area contributed by atoms with E-state index in [0.717, 1.165) is 12.8 Å². The number of benzene rings is 1. The van der Waals surface area contributed by atoms with Gasteiger partial charge in [-0.15, -0.1) is 0 Å². The highest BCUT2D eigenvalue weighted by atomic mass is 16.6. The van der Waals surface area contributed by atoms with Crippen LogP contribution in [0.3, 0.4) is 0 Å². The number of aryl methyl sites for hydroxylation is 1. The van der Waals surface area contributed by atoms with E-state index in [1.165, 1.54) is 17.0 Å². The van der Waals surface area contributed by atoms with Crippen molar-refractivity contribution in [2.45, 2.75) is 19.8 Å². The van der Waals surface area contributed by atoms with Crippen LogP contribution in [0.4, 0.5) is 11.4 Å². The van der Waals surface area contributed by atoms with Gasteiger partial charge in [0.1, 0.15) is 0 Å². The number of hydrogen-bond donors (Lipinski definition) is 0. The number of nitro groups is 1. The van der Waals surface area contributed by atoms with Crippen molar-refractivity contribution in [1.82, 2.24) is 0 Å². The molecule has 1 aromatic carbocycles. The van der Waals surface area contributed by atoms with Crippen molar-refractivity contribution < 1.29 is 14.5 Å². The standard InChI is InChI=1S/C18H16N2O4/c1-9-2-3-10(20(23)24)8-13(9)19-16(21)14-11-4-5-12(15(14)17(19)22)18(11)6-7-18/h2-5,8,11-12,14-15H,6-7H2,1H3/t11-,12+,14+,15-. The topological polar surface area (TPSA) is 80.5 Å². The number of hydrogen-bond acceptors (Lipinski definition) is 4. The summed E-state index contributed by atoms with van der Waals surface area (Å²) in [5, 5.41) is 11.1. The Kier molecular flexibility index (Phi) is 2.39. The first-order valence-electron chi connectivity index (χ1n) is 8.27. The number of carbonyl (C=O) groups excluding carboxylic acids is 2. The van der Waals surface area contributed by atoms with Crippen molar-refractivity contribution >= 4 is 23.2 Å². The van der Waals surface area contributed by atoms with Gasteiger partial charge < -0.3 is 0 Å². The Morgan fingerprint density at radius 1 is 1.12 bits per heavy atom. The molecule has 2 amide bonds. The van der Waals surface area contributed by atoms with Crippen molar-refractivity contribution in [3.63, 3.8) is 0 Å². The second-order valence-corrected chi connectivity index (χ2v) is 7.46. The summed E-state index contributed by atoms with van der Waals surface area (Å²) in [4.78, 5) is 37.8. The van der Waals surface area contributed by atoms with Gasteiger partial charge in [-0.1, -0.05) is 18.2 Å². The van der Waals surface area contributed by atoms with Gasteiger partial charge in [-0.25, -0.2) is 4.90 Å². The van der Waals surface area contributed by atoms with Crippen LogP contribution in [0.1, 0.15) is 18.4 Å². The van der Waals surface area contributed by atoms with Crippen molar-refractivity contribution in [2.75, 3.05) is 4.90 Å². The summed E-state index contributed by atoms with van der Waals surface area (Å²) in [5.74, 6) is -0.614. The van der Waals surface area contributed by atoms with Crippen molar-refractivity contribution in [3.05, 3.63) is 46.0 Å². The van der Waals surface area contributed by atoms with Crippen LogP contribution in [0.5, 0.6) is 0 Å². The zero-order chi connectivity index (χ0) is 16.8.